The van der Waals surface area contributed by atoms with Crippen molar-refractivity contribution >= 4 is 35.5 Å². The van der Waals surface area contributed by atoms with Gasteiger partial charge in [-0.05, 0) is 25.8 Å². The lowest BCUT2D eigenvalue weighted by molar-refractivity contribution is -0.107. The van der Waals surface area contributed by atoms with Gasteiger partial charge in [-0.25, -0.2) is 9.97 Å². The average Bonchev–Trinajstić information content (AvgIpc) is 2.64. The van der Waals surface area contributed by atoms with Crippen LogP contribution in [0.2, 0.25) is 0 Å². The van der Waals surface area contributed by atoms with Crippen LogP contribution < -0.4 is 15.5 Å². The maximum absolute atomic E-state index is 11.8. The number of hydrogen-bond donors (Lipinski definition) is 2. The van der Waals surface area contributed by atoms with Gasteiger partial charge in [0.25, 0.3) is 0 Å². The van der Waals surface area contributed by atoms with Crippen molar-refractivity contribution in [1.82, 2.24) is 9.97 Å². The van der Waals surface area contributed by atoms with Crippen molar-refractivity contribution in [3.8, 4) is 0 Å². The molecule has 0 radical (unpaired) electrons. The molecule has 0 saturated carbocycles. The fraction of sp³-hybridized carbons (Fsp3) is 0.421. The number of amides is 1. The van der Waals surface area contributed by atoms with E-state index in [1.165, 1.54) is 0 Å². The second kappa shape index (κ2) is 10.0. The number of benzene rings is 1. The normalized spacial score (nSPS) is 10.7. The number of anilines is 3. The Bertz CT molecular complexity index is 709. The van der Waals surface area contributed by atoms with E-state index < -0.39 is 0 Å². The first-order chi connectivity index (χ1) is 12.6. The zero-order valence-corrected chi connectivity index (χ0v) is 16.6. The maximum Gasteiger partial charge on any atom is 0.215 e. The van der Waals surface area contributed by atoms with Gasteiger partial charge in [-0.15, -0.1) is 0 Å². The summed E-state index contributed by atoms with van der Waals surface area (Å²) < 4.78 is 0. The second-order valence-corrected chi connectivity index (χ2v) is 7.23. The van der Waals surface area contributed by atoms with E-state index in [1.807, 2.05) is 37.4 Å². The molecule has 0 aliphatic rings. The van der Waals surface area contributed by atoms with Crippen molar-refractivity contribution in [2.45, 2.75) is 44.9 Å². The molecule has 6 nitrogen and oxygen atoms in total. The number of thioether (sulfide) groups is 1. The van der Waals surface area contributed by atoms with Crippen LogP contribution in [0.15, 0.2) is 35.5 Å². The molecule has 1 aromatic heterocycles. The molecular weight excluding hydrogens is 346 g/mol. The van der Waals surface area contributed by atoms with Gasteiger partial charge in [0, 0.05) is 18.8 Å². The molecule has 140 valence electrons. The molecule has 1 amide bonds. The number of nitrogens with zero attached hydrogens (tertiary/aromatic N) is 3. The number of rotatable bonds is 10. The van der Waals surface area contributed by atoms with Crippen LogP contribution in [0, 0.1) is 0 Å². The number of aromatic nitrogens is 2. The Balaban J connectivity index is 2.45. The molecule has 26 heavy (non-hydrogen) atoms. The highest BCUT2D eigenvalue weighted by Gasteiger charge is 2.20. The molecule has 2 aromatic rings. The van der Waals surface area contributed by atoms with Crippen LogP contribution in [-0.2, 0) is 11.3 Å². The summed E-state index contributed by atoms with van der Waals surface area (Å²) in [4.78, 5) is 22.8. The fourth-order valence-electron chi connectivity index (χ4n) is 2.44. The molecule has 0 spiro atoms. The lowest BCUT2D eigenvalue weighted by Crippen LogP contribution is -2.24. The number of carbonyl (C=O) groups is 1. The Morgan fingerprint density at radius 1 is 1.23 bits per heavy atom. The minimum Gasteiger partial charge on any atom is -0.382 e. The Hall–Kier alpha value is -2.28. The first-order valence-electron chi connectivity index (χ1n) is 8.84. The summed E-state index contributed by atoms with van der Waals surface area (Å²) in [7, 11) is 1.82. The lowest BCUT2D eigenvalue weighted by atomic mass is 10.2. The molecule has 0 bridgehead atoms. The van der Waals surface area contributed by atoms with Crippen molar-refractivity contribution in [3.05, 3.63) is 35.9 Å². The molecular formula is C19H27N5OS. The third kappa shape index (κ3) is 5.36. The van der Waals surface area contributed by atoms with Crippen molar-refractivity contribution < 1.29 is 4.79 Å². The highest BCUT2D eigenvalue weighted by molar-refractivity contribution is 7.99. The topological polar surface area (TPSA) is 70.2 Å². The smallest absolute Gasteiger partial charge is 0.215 e. The Morgan fingerprint density at radius 2 is 1.96 bits per heavy atom. The summed E-state index contributed by atoms with van der Waals surface area (Å²) in [5, 5.41) is 7.18. The summed E-state index contributed by atoms with van der Waals surface area (Å²) in [6.45, 7) is 6.69. The average molecular weight is 374 g/mol. The van der Waals surface area contributed by atoms with Crippen LogP contribution in [0.5, 0.6) is 0 Å². The monoisotopic (exact) mass is 373 g/mol. The molecule has 0 aliphatic carbocycles. The van der Waals surface area contributed by atoms with Gasteiger partial charge in [-0.1, -0.05) is 49.0 Å². The Morgan fingerprint density at radius 3 is 2.54 bits per heavy atom. The molecule has 0 atom stereocenters. The van der Waals surface area contributed by atoms with Crippen LogP contribution in [0.3, 0.4) is 0 Å². The van der Waals surface area contributed by atoms with Gasteiger partial charge >= 0.3 is 0 Å². The van der Waals surface area contributed by atoms with Crippen LogP contribution in [0.4, 0.5) is 17.3 Å². The quantitative estimate of drug-likeness (QED) is 0.373. The van der Waals surface area contributed by atoms with Gasteiger partial charge in [0.05, 0.1) is 6.54 Å². The minimum absolute atomic E-state index is 0.215. The summed E-state index contributed by atoms with van der Waals surface area (Å²) in [6, 6.07) is 10.1. The van der Waals surface area contributed by atoms with Crippen molar-refractivity contribution in [1.29, 1.82) is 0 Å². The van der Waals surface area contributed by atoms with Crippen LogP contribution >= 0.6 is 11.8 Å². The van der Waals surface area contributed by atoms with E-state index in [2.05, 4.69) is 41.4 Å². The first-order valence-corrected chi connectivity index (χ1v) is 9.82. The Labute approximate surface area is 159 Å². The molecule has 0 saturated heterocycles. The molecule has 7 heteroatoms. The molecule has 0 unspecified atom stereocenters. The summed E-state index contributed by atoms with van der Waals surface area (Å²) in [6.07, 6.45) is 1.86. The van der Waals surface area contributed by atoms with Crippen molar-refractivity contribution in [2.24, 2.45) is 0 Å². The number of nitrogens with one attached hydrogen (secondary N) is 2. The van der Waals surface area contributed by atoms with E-state index in [-0.39, 0.29) is 6.04 Å². The number of carbonyl (C=O) groups excluding carboxylic acids is 1. The largest absolute Gasteiger partial charge is 0.382 e. The minimum atomic E-state index is 0.215. The third-order valence-electron chi connectivity index (χ3n) is 3.58. The van der Waals surface area contributed by atoms with Crippen LogP contribution in [0.25, 0.3) is 0 Å². The van der Waals surface area contributed by atoms with E-state index in [1.54, 1.807) is 16.7 Å². The van der Waals surface area contributed by atoms with Crippen molar-refractivity contribution in [3.63, 3.8) is 0 Å². The lowest BCUT2D eigenvalue weighted by Gasteiger charge is -2.23. The summed E-state index contributed by atoms with van der Waals surface area (Å²) >= 11 is 1.60. The first kappa shape index (κ1) is 20.0. The molecule has 2 N–H and O–H groups in total. The summed E-state index contributed by atoms with van der Waals surface area (Å²) in [5.41, 5.74) is 1.77. The standard InChI is InChI=1S/C19H27N5OS/c1-5-11-26-19-22-17(21-14(2)3)16(20-4)18(23-19)24(13-25)12-15-9-7-6-8-10-15/h6-10,13-14,20H,5,11-12H2,1-4H3,(H,21,22,23). The maximum atomic E-state index is 11.8. The van der Waals surface area contributed by atoms with Gasteiger partial charge in [-0.3, -0.25) is 9.69 Å². The summed E-state index contributed by atoms with van der Waals surface area (Å²) in [5.74, 6) is 2.23. The molecule has 2 rings (SSSR count). The molecule has 0 aliphatic heterocycles. The third-order valence-corrected chi connectivity index (χ3v) is 4.63. The highest BCUT2D eigenvalue weighted by atomic mass is 32.2. The molecule has 1 heterocycles. The van der Waals surface area contributed by atoms with E-state index in [9.17, 15) is 4.79 Å². The van der Waals surface area contributed by atoms with E-state index in [0.29, 0.717) is 23.3 Å². The molecule has 0 fully saturated rings. The van der Waals surface area contributed by atoms with Gasteiger partial charge in [0.2, 0.25) is 6.41 Å². The predicted molar refractivity (Wildman–Crippen MR) is 110 cm³/mol. The van der Waals surface area contributed by atoms with E-state index >= 15 is 0 Å². The second-order valence-electron chi connectivity index (χ2n) is 6.17. The Kier molecular flexibility index (Phi) is 7.72. The number of hydrogen-bond acceptors (Lipinski definition) is 6. The van der Waals surface area contributed by atoms with Gasteiger partial charge < -0.3 is 10.6 Å². The SMILES string of the molecule is CCCSc1nc(NC(C)C)c(NC)c(N(C=O)Cc2ccccc2)n1. The zero-order chi connectivity index (χ0) is 18.9. The van der Waals surface area contributed by atoms with Crippen LogP contribution in [0.1, 0.15) is 32.8 Å². The van der Waals surface area contributed by atoms with Crippen LogP contribution in [-0.4, -0.2) is 35.2 Å². The van der Waals surface area contributed by atoms with Gasteiger partial charge in [-0.2, -0.15) is 0 Å². The highest BCUT2D eigenvalue weighted by Crippen LogP contribution is 2.33. The zero-order valence-electron chi connectivity index (χ0n) is 15.8. The van der Waals surface area contributed by atoms with E-state index in [0.717, 1.165) is 29.8 Å². The van der Waals surface area contributed by atoms with Crippen molar-refractivity contribution in [2.75, 3.05) is 28.3 Å². The predicted octanol–water partition coefficient (Wildman–Crippen LogP) is 4.00. The van der Waals surface area contributed by atoms with Gasteiger partial charge in [0.1, 0.15) is 5.69 Å². The van der Waals surface area contributed by atoms with E-state index in [4.69, 9.17) is 0 Å². The van der Waals surface area contributed by atoms with Gasteiger partial charge in [0.15, 0.2) is 16.8 Å². The molecule has 1 aromatic carbocycles. The fourth-order valence-corrected chi connectivity index (χ4v) is 3.14.